The monoisotopic (exact) mass is 399 g/mol. The molecule has 1 N–H and O–H groups in total. The second-order valence-corrected chi connectivity index (χ2v) is 7.96. The van der Waals surface area contributed by atoms with E-state index < -0.39 is 0 Å². The van der Waals surface area contributed by atoms with Crippen molar-refractivity contribution in [1.29, 1.82) is 0 Å². The van der Waals surface area contributed by atoms with E-state index in [1.54, 1.807) is 14.2 Å². The molecular weight excluding hydrogens is 366 g/mol. The largest absolute Gasteiger partial charge is 0.496 e. The van der Waals surface area contributed by atoms with Crippen molar-refractivity contribution in [3.8, 4) is 11.5 Å². The predicted molar refractivity (Wildman–Crippen MR) is 114 cm³/mol. The minimum atomic E-state index is -0.102. The second-order valence-electron chi connectivity index (χ2n) is 7.96. The zero-order valence-electron chi connectivity index (χ0n) is 17.6. The van der Waals surface area contributed by atoms with Gasteiger partial charge in [0.25, 0.3) is 0 Å². The fourth-order valence-electron chi connectivity index (χ4n) is 4.22. The Labute approximate surface area is 174 Å². The first-order valence-corrected chi connectivity index (χ1v) is 10.3. The highest BCUT2D eigenvalue weighted by atomic mass is 16.5. The molecule has 5 heteroatoms. The van der Waals surface area contributed by atoms with Crippen LogP contribution in [0, 0.1) is 5.41 Å². The highest BCUT2D eigenvalue weighted by molar-refractivity contribution is 5.37. The first kappa shape index (κ1) is 21.6. The summed E-state index contributed by atoms with van der Waals surface area (Å²) in [4.78, 5) is 2.45. The molecule has 0 amide bonds. The fraction of sp³-hybridized carbons (Fsp3) is 0.500. The van der Waals surface area contributed by atoms with E-state index in [4.69, 9.17) is 14.2 Å². The third kappa shape index (κ3) is 5.95. The van der Waals surface area contributed by atoms with E-state index in [-0.39, 0.29) is 12.0 Å². The maximum atomic E-state index is 10.2. The Balaban J connectivity index is 1.60. The summed E-state index contributed by atoms with van der Waals surface area (Å²) in [6.45, 7) is 4.15. The fourth-order valence-corrected chi connectivity index (χ4v) is 4.22. The van der Waals surface area contributed by atoms with Crippen LogP contribution in [0.5, 0.6) is 11.5 Å². The van der Waals surface area contributed by atoms with Crippen molar-refractivity contribution < 1.29 is 19.3 Å². The maximum absolute atomic E-state index is 10.2. The van der Waals surface area contributed by atoms with Crippen LogP contribution in [0.25, 0.3) is 0 Å². The summed E-state index contributed by atoms with van der Waals surface area (Å²) >= 11 is 0. The predicted octanol–water partition coefficient (Wildman–Crippen LogP) is 3.89. The molecule has 29 heavy (non-hydrogen) atoms. The SMILES string of the molecule is COCc1cc(CN2CCC[C@](CO)(CCOc3ccccc3)C2)ccc1OC. The molecule has 3 rings (SSSR count). The van der Waals surface area contributed by atoms with Gasteiger partial charge in [0.15, 0.2) is 0 Å². The van der Waals surface area contributed by atoms with E-state index in [1.807, 2.05) is 36.4 Å². The van der Waals surface area contributed by atoms with E-state index >= 15 is 0 Å². The third-order valence-electron chi connectivity index (χ3n) is 5.77. The quantitative estimate of drug-likeness (QED) is 0.657. The van der Waals surface area contributed by atoms with E-state index in [9.17, 15) is 5.11 Å². The lowest BCUT2D eigenvalue weighted by Gasteiger charge is -2.42. The Kier molecular flexibility index (Phi) is 7.92. The van der Waals surface area contributed by atoms with Gasteiger partial charge in [0.05, 0.1) is 26.9 Å². The Morgan fingerprint density at radius 3 is 2.66 bits per heavy atom. The molecule has 1 saturated heterocycles. The minimum Gasteiger partial charge on any atom is -0.496 e. The van der Waals surface area contributed by atoms with Crippen molar-refractivity contribution in [1.82, 2.24) is 4.90 Å². The number of para-hydroxylation sites is 1. The summed E-state index contributed by atoms with van der Waals surface area (Å²) in [5.41, 5.74) is 2.20. The van der Waals surface area contributed by atoms with Crippen LogP contribution in [0.1, 0.15) is 30.4 Å². The van der Waals surface area contributed by atoms with Gasteiger partial charge in [-0.1, -0.05) is 24.3 Å². The van der Waals surface area contributed by atoms with E-state index in [1.165, 1.54) is 5.56 Å². The Morgan fingerprint density at radius 2 is 1.93 bits per heavy atom. The van der Waals surface area contributed by atoms with Crippen LogP contribution in [0.4, 0.5) is 0 Å². The highest BCUT2D eigenvalue weighted by Crippen LogP contribution is 2.34. The van der Waals surface area contributed by atoms with Crippen LogP contribution >= 0.6 is 0 Å². The van der Waals surface area contributed by atoms with E-state index in [0.717, 1.165) is 56.0 Å². The number of aliphatic hydroxyl groups is 1. The zero-order chi connectivity index (χ0) is 20.5. The van der Waals surface area contributed by atoms with Gasteiger partial charge in [0.1, 0.15) is 11.5 Å². The van der Waals surface area contributed by atoms with Crippen molar-refractivity contribution in [3.05, 3.63) is 59.7 Å². The van der Waals surface area contributed by atoms with Gasteiger partial charge in [-0.05, 0) is 55.6 Å². The number of benzene rings is 2. The Hall–Kier alpha value is -2.08. The molecule has 1 atom stereocenters. The van der Waals surface area contributed by atoms with Gasteiger partial charge in [0.2, 0.25) is 0 Å². The van der Waals surface area contributed by atoms with Crippen LogP contribution in [0.15, 0.2) is 48.5 Å². The summed E-state index contributed by atoms with van der Waals surface area (Å²) < 4.78 is 16.6. The standard InChI is InChI=1S/C24H33NO4/c1-27-17-21-15-20(9-10-23(21)28-2)16-25-13-6-11-24(18-25,19-26)12-14-29-22-7-4-3-5-8-22/h3-5,7-10,15,26H,6,11-14,16-19H2,1-2H3/t24-/m0/s1. The van der Waals surface area contributed by atoms with Crippen LogP contribution < -0.4 is 9.47 Å². The molecule has 0 bridgehead atoms. The van der Waals surface area contributed by atoms with Gasteiger partial charge in [-0.15, -0.1) is 0 Å². The van der Waals surface area contributed by atoms with Gasteiger partial charge in [0, 0.05) is 31.2 Å². The number of piperidine rings is 1. The van der Waals surface area contributed by atoms with E-state index in [2.05, 4.69) is 17.0 Å². The molecule has 1 fully saturated rings. The van der Waals surface area contributed by atoms with Gasteiger partial charge in [-0.25, -0.2) is 0 Å². The number of likely N-dealkylation sites (tertiary alicyclic amines) is 1. The molecule has 0 aromatic heterocycles. The molecule has 1 heterocycles. The first-order valence-electron chi connectivity index (χ1n) is 10.3. The minimum absolute atomic E-state index is 0.102. The normalized spacial score (nSPS) is 19.8. The molecular formula is C24H33NO4. The number of hydrogen-bond acceptors (Lipinski definition) is 5. The first-order chi connectivity index (χ1) is 14.2. The molecule has 2 aromatic carbocycles. The van der Waals surface area contributed by atoms with Crippen LogP contribution in [0.2, 0.25) is 0 Å². The Morgan fingerprint density at radius 1 is 1.10 bits per heavy atom. The molecule has 158 valence electrons. The van der Waals surface area contributed by atoms with Crippen LogP contribution in [0.3, 0.4) is 0 Å². The van der Waals surface area contributed by atoms with Crippen molar-refractivity contribution in [3.63, 3.8) is 0 Å². The molecule has 0 unspecified atom stereocenters. The maximum Gasteiger partial charge on any atom is 0.124 e. The zero-order valence-corrected chi connectivity index (χ0v) is 17.6. The van der Waals surface area contributed by atoms with Crippen molar-refractivity contribution in [2.24, 2.45) is 5.41 Å². The topological polar surface area (TPSA) is 51.2 Å². The average Bonchev–Trinajstić information content (AvgIpc) is 2.75. The molecule has 5 nitrogen and oxygen atoms in total. The summed E-state index contributed by atoms with van der Waals surface area (Å²) in [5, 5.41) is 10.2. The smallest absolute Gasteiger partial charge is 0.124 e. The van der Waals surface area contributed by atoms with Gasteiger partial charge >= 0.3 is 0 Å². The highest BCUT2D eigenvalue weighted by Gasteiger charge is 2.35. The molecule has 2 aromatic rings. The third-order valence-corrected chi connectivity index (χ3v) is 5.77. The van der Waals surface area contributed by atoms with Crippen LogP contribution in [-0.4, -0.2) is 50.5 Å². The lowest BCUT2D eigenvalue weighted by Crippen LogP contribution is -2.45. The summed E-state index contributed by atoms with van der Waals surface area (Å²) in [6.07, 6.45) is 2.98. The lowest BCUT2D eigenvalue weighted by atomic mass is 9.78. The summed E-state index contributed by atoms with van der Waals surface area (Å²) in [7, 11) is 3.38. The average molecular weight is 400 g/mol. The number of methoxy groups -OCH3 is 2. The number of nitrogens with zero attached hydrogens (tertiary/aromatic N) is 1. The molecule has 0 radical (unpaired) electrons. The lowest BCUT2D eigenvalue weighted by molar-refractivity contribution is 0.0128. The Bertz CT molecular complexity index is 752. The summed E-state index contributed by atoms with van der Waals surface area (Å²) in [6, 6.07) is 16.2. The van der Waals surface area contributed by atoms with Crippen LogP contribution in [-0.2, 0) is 17.9 Å². The molecule has 1 aliphatic rings. The molecule has 1 aliphatic heterocycles. The van der Waals surface area contributed by atoms with Gasteiger partial charge in [-0.3, -0.25) is 4.90 Å². The second kappa shape index (κ2) is 10.6. The number of aliphatic hydroxyl groups excluding tert-OH is 1. The van der Waals surface area contributed by atoms with Crippen molar-refractivity contribution >= 4 is 0 Å². The van der Waals surface area contributed by atoms with E-state index in [0.29, 0.717) is 13.2 Å². The summed E-state index contributed by atoms with van der Waals surface area (Å²) in [5.74, 6) is 1.74. The number of ether oxygens (including phenoxy) is 3. The molecule has 0 spiro atoms. The molecule has 0 saturated carbocycles. The van der Waals surface area contributed by atoms with Crippen molar-refractivity contribution in [2.45, 2.75) is 32.4 Å². The van der Waals surface area contributed by atoms with Crippen molar-refractivity contribution in [2.75, 3.05) is 40.5 Å². The molecule has 0 aliphatic carbocycles. The van der Waals surface area contributed by atoms with Gasteiger partial charge in [-0.2, -0.15) is 0 Å². The van der Waals surface area contributed by atoms with Gasteiger partial charge < -0.3 is 19.3 Å². The number of rotatable bonds is 10. The number of hydrogen-bond donors (Lipinski definition) is 1.